The van der Waals surface area contributed by atoms with Crippen molar-refractivity contribution >= 4 is 40.3 Å². The molecule has 6 rings (SSSR count). The lowest BCUT2D eigenvalue weighted by Gasteiger charge is -2.12. The number of hydrogen-bond acceptors (Lipinski definition) is 7. The molecule has 0 bridgehead atoms. The number of amides is 2. The van der Waals surface area contributed by atoms with E-state index in [1.165, 1.54) is 6.33 Å². The van der Waals surface area contributed by atoms with E-state index in [0.29, 0.717) is 40.6 Å². The van der Waals surface area contributed by atoms with Gasteiger partial charge in [0, 0.05) is 34.8 Å². The Hall–Kier alpha value is -5.45. The third kappa shape index (κ3) is 4.53. The zero-order chi connectivity index (χ0) is 27.8. The average molecular weight is 537 g/mol. The Morgan fingerprint density at radius 3 is 2.75 bits per heavy atom. The van der Waals surface area contributed by atoms with Gasteiger partial charge < -0.3 is 20.1 Å². The number of carbonyl (C=O) groups is 2. The molecule has 5 aromatic rings. The number of benzene rings is 2. The smallest absolute Gasteiger partial charge is 0.327 e. The molecule has 0 spiro atoms. The molecular weight excluding hydrogens is 510 g/mol. The number of aromatic nitrogens is 4. The summed E-state index contributed by atoms with van der Waals surface area (Å²) in [5.41, 5.74) is 5.77. The van der Waals surface area contributed by atoms with Crippen LogP contribution in [0.1, 0.15) is 15.9 Å². The summed E-state index contributed by atoms with van der Waals surface area (Å²) in [6, 6.07) is 18.4. The summed E-state index contributed by atoms with van der Waals surface area (Å²) in [7, 11) is 5.05. The van der Waals surface area contributed by atoms with Crippen molar-refractivity contribution in [3.8, 4) is 22.8 Å². The Morgan fingerprint density at radius 1 is 1.05 bits per heavy atom. The van der Waals surface area contributed by atoms with E-state index in [0.717, 1.165) is 28.2 Å². The number of nitrogens with one attached hydrogen (secondary N) is 3. The van der Waals surface area contributed by atoms with Gasteiger partial charge in [-0.15, -0.1) is 0 Å². The van der Waals surface area contributed by atoms with Crippen LogP contribution in [0.25, 0.3) is 16.8 Å². The molecule has 0 unspecified atom stereocenters. The summed E-state index contributed by atoms with van der Waals surface area (Å²) in [6.07, 6.45) is 3.66. The second-order valence-corrected chi connectivity index (χ2v) is 9.28. The monoisotopic (exact) mass is 536 g/mol. The lowest BCUT2D eigenvalue weighted by Crippen LogP contribution is -2.34. The molecule has 4 heterocycles. The molecule has 3 aromatic heterocycles. The van der Waals surface area contributed by atoms with Gasteiger partial charge in [-0.25, -0.2) is 14.8 Å². The van der Waals surface area contributed by atoms with Crippen molar-refractivity contribution in [3.63, 3.8) is 0 Å². The number of rotatable bonds is 7. The predicted molar refractivity (Wildman–Crippen MR) is 149 cm³/mol. The number of ether oxygens (including phenoxy) is 2. The van der Waals surface area contributed by atoms with Crippen LogP contribution in [0.3, 0.4) is 0 Å². The van der Waals surface area contributed by atoms with E-state index in [1.807, 2.05) is 60.3 Å². The zero-order valence-electron chi connectivity index (χ0n) is 22.1. The fourth-order valence-corrected chi connectivity index (χ4v) is 4.80. The SMILES string of the molecule is COc1ccc(Nc2cc(-c3cccc(C(=O)Nc4ccc5c(c4)CC(=O)N5)c3)cn3ncnc23)[n+](C)c1OC. The van der Waals surface area contributed by atoms with E-state index < -0.39 is 0 Å². The van der Waals surface area contributed by atoms with Gasteiger partial charge in [0.2, 0.25) is 17.3 Å². The fraction of sp³-hybridized carbons (Fsp3) is 0.138. The van der Waals surface area contributed by atoms with E-state index in [2.05, 4.69) is 26.0 Å². The molecule has 200 valence electrons. The highest BCUT2D eigenvalue weighted by Crippen LogP contribution is 2.30. The first-order valence-electron chi connectivity index (χ1n) is 12.5. The molecule has 1 aliphatic rings. The predicted octanol–water partition coefficient (Wildman–Crippen LogP) is 3.73. The fourth-order valence-electron chi connectivity index (χ4n) is 4.80. The molecule has 0 saturated carbocycles. The van der Waals surface area contributed by atoms with Gasteiger partial charge >= 0.3 is 5.88 Å². The number of hydrogen-bond donors (Lipinski definition) is 3. The third-order valence-electron chi connectivity index (χ3n) is 6.77. The summed E-state index contributed by atoms with van der Waals surface area (Å²) in [5, 5.41) is 13.5. The van der Waals surface area contributed by atoms with Crippen molar-refractivity contribution in [3.05, 3.63) is 84.3 Å². The van der Waals surface area contributed by atoms with Crippen LogP contribution in [0.15, 0.2) is 73.2 Å². The Bertz CT molecular complexity index is 1800. The van der Waals surface area contributed by atoms with Crippen LogP contribution in [-0.2, 0) is 18.3 Å². The van der Waals surface area contributed by atoms with Gasteiger partial charge in [0.05, 0.1) is 27.7 Å². The molecule has 11 nitrogen and oxygen atoms in total. The highest BCUT2D eigenvalue weighted by Gasteiger charge is 2.21. The maximum Gasteiger partial charge on any atom is 0.327 e. The Balaban J connectivity index is 1.31. The lowest BCUT2D eigenvalue weighted by molar-refractivity contribution is -0.662. The Labute approximate surface area is 229 Å². The highest BCUT2D eigenvalue weighted by atomic mass is 16.5. The van der Waals surface area contributed by atoms with Crippen LogP contribution in [0, 0.1) is 0 Å². The molecular formula is C29H26N7O4+. The molecule has 40 heavy (non-hydrogen) atoms. The second-order valence-electron chi connectivity index (χ2n) is 9.28. The van der Waals surface area contributed by atoms with E-state index in [-0.39, 0.29) is 11.8 Å². The summed E-state index contributed by atoms with van der Waals surface area (Å²) >= 11 is 0. The zero-order valence-corrected chi connectivity index (χ0v) is 22.1. The molecule has 3 N–H and O–H groups in total. The molecule has 11 heteroatoms. The maximum absolute atomic E-state index is 13.1. The first kappa shape index (κ1) is 24.9. The maximum atomic E-state index is 13.1. The minimum absolute atomic E-state index is 0.0516. The molecule has 1 aliphatic heterocycles. The minimum Gasteiger partial charge on any atom is -0.490 e. The van der Waals surface area contributed by atoms with Crippen LogP contribution in [-0.4, -0.2) is 40.6 Å². The van der Waals surface area contributed by atoms with E-state index in [1.54, 1.807) is 36.9 Å². The average Bonchev–Trinajstić information content (AvgIpc) is 3.59. The Kier molecular flexibility index (Phi) is 6.23. The summed E-state index contributed by atoms with van der Waals surface area (Å²) in [5.74, 6) is 1.61. The normalized spacial score (nSPS) is 12.1. The summed E-state index contributed by atoms with van der Waals surface area (Å²) < 4.78 is 14.5. The summed E-state index contributed by atoms with van der Waals surface area (Å²) in [4.78, 5) is 29.2. The molecule has 0 atom stereocenters. The van der Waals surface area contributed by atoms with Crippen LogP contribution in [0.2, 0.25) is 0 Å². The topological polar surface area (TPSA) is 123 Å². The second kappa shape index (κ2) is 10.0. The quantitative estimate of drug-likeness (QED) is 0.271. The van der Waals surface area contributed by atoms with Crippen molar-refractivity contribution in [2.75, 3.05) is 30.2 Å². The van der Waals surface area contributed by atoms with Crippen molar-refractivity contribution < 1.29 is 23.6 Å². The van der Waals surface area contributed by atoms with E-state index >= 15 is 0 Å². The van der Waals surface area contributed by atoms with Gasteiger partial charge in [0.15, 0.2) is 5.69 Å². The van der Waals surface area contributed by atoms with Gasteiger partial charge in [-0.05, 0) is 53.6 Å². The Morgan fingerprint density at radius 2 is 1.93 bits per heavy atom. The van der Waals surface area contributed by atoms with Gasteiger partial charge in [-0.2, -0.15) is 9.67 Å². The van der Waals surface area contributed by atoms with Gasteiger partial charge in [-0.3, -0.25) is 9.59 Å². The lowest BCUT2D eigenvalue weighted by atomic mass is 10.0. The number of methoxy groups -OCH3 is 2. The van der Waals surface area contributed by atoms with Crippen LogP contribution >= 0.6 is 0 Å². The van der Waals surface area contributed by atoms with Gasteiger partial charge in [0.1, 0.15) is 6.33 Å². The van der Waals surface area contributed by atoms with Gasteiger partial charge in [0.25, 0.3) is 11.7 Å². The molecule has 0 radical (unpaired) electrons. The number of pyridine rings is 2. The molecule has 2 amide bonds. The molecule has 0 saturated heterocycles. The van der Waals surface area contributed by atoms with Crippen LogP contribution < -0.4 is 30.0 Å². The van der Waals surface area contributed by atoms with Crippen molar-refractivity contribution in [2.24, 2.45) is 7.05 Å². The minimum atomic E-state index is -0.253. The highest BCUT2D eigenvalue weighted by molar-refractivity contribution is 6.06. The summed E-state index contributed by atoms with van der Waals surface area (Å²) in [6.45, 7) is 0. The van der Waals surface area contributed by atoms with Gasteiger partial charge in [-0.1, -0.05) is 12.1 Å². The first-order chi connectivity index (χ1) is 19.4. The van der Waals surface area contributed by atoms with E-state index in [9.17, 15) is 9.59 Å². The third-order valence-corrected chi connectivity index (χ3v) is 6.77. The number of anilines is 4. The van der Waals surface area contributed by atoms with Crippen molar-refractivity contribution in [1.82, 2.24) is 14.6 Å². The number of nitrogens with zero attached hydrogens (tertiary/aromatic N) is 4. The van der Waals surface area contributed by atoms with Crippen LogP contribution in [0.5, 0.6) is 11.6 Å². The molecule has 0 aliphatic carbocycles. The number of carbonyl (C=O) groups excluding carboxylic acids is 2. The van der Waals surface area contributed by atoms with E-state index in [4.69, 9.17) is 9.47 Å². The standard InChI is InChI=1S/C29H25N7O4/c1-35-25(10-9-24(39-2)29(35)40-3)33-23-13-20(15-36-27(23)30-16-31-36)17-5-4-6-18(11-17)28(38)32-21-7-8-22-19(12-21)14-26(37)34-22/h4-13,15-16H,14H2,1-3H3,(H2,32,34,37,38)/p+1. The molecule has 0 fully saturated rings. The van der Waals surface area contributed by atoms with Crippen LogP contribution in [0.4, 0.5) is 22.9 Å². The van der Waals surface area contributed by atoms with Crippen molar-refractivity contribution in [1.29, 1.82) is 0 Å². The number of fused-ring (bicyclic) bond motifs is 2. The first-order valence-corrected chi connectivity index (χ1v) is 12.5. The van der Waals surface area contributed by atoms with Crippen molar-refractivity contribution in [2.45, 2.75) is 6.42 Å². The molecule has 2 aromatic carbocycles. The largest absolute Gasteiger partial charge is 0.490 e.